The van der Waals surface area contributed by atoms with Gasteiger partial charge in [0.25, 0.3) is 0 Å². The molecule has 110 valence electrons. The van der Waals surface area contributed by atoms with E-state index in [4.69, 9.17) is 31.3 Å². The second kappa shape index (κ2) is 7.74. The summed E-state index contributed by atoms with van der Waals surface area (Å²) in [6.07, 6.45) is -1.95. The molecule has 1 N–H and O–H groups in total. The van der Waals surface area contributed by atoms with Crippen LogP contribution >= 0.6 is 7.60 Å². The van der Waals surface area contributed by atoms with Crippen LogP contribution in [0.15, 0.2) is 0 Å². The lowest BCUT2D eigenvalue weighted by atomic mass is 9.93. The summed E-state index contributed by atoms with van der Waals surface area (Å²) in [6, 6.07) is -0.742. The molecule has 0 aliphatic carbocycles. The Balaban J connectivity index is 2.70. The van der Waals surface area contributed by atoms with Gasteiger partial charge in [-0.05, 0) is 0 Å². The maximum Gasteiger partial charge on any atom is 0.325 e. The Morgan fingerprint density at radius 2 is 1.95 bits per heavy atom. The van der Waals surface area contributed by atoms with E-state index >= 15 is 0 Å². The van der Waals surface area contributed by atoms with Gasteiger partial charge in [0.1, 0.15) is 26.2 Å². The fourth-order valence-electron chi connectivity index (χ4n) is 1.86. The van der Waals surface area contributed by atoms with Crippen molar-refractivity contribution in [3.8, 4) is 0 Å². The third kappa shape index (κ3) is 5.51. The Labute approximate surface area is 114 Å². The third-order valence-corrected chi connectivity index (χ3v) is 3.23. The molecule has 0 aromatic carbocycles. The van der Waals surface area contributed by atoms with Crippen molar-refractivity contribution >= 4 is 15.4 Å². The smallest absolute Gasteiger partial charge is 0.325 e. The molecule has 0 saturated carbocycles. The molecule has 1 aliphatic rings. The lowest BCUT2D eigenvalue weighted by Gasteiger charge is -2.25. The molecule has 0 aromatic heterocycles. The van der Waals surface area contributed by atoms with Crippen molar-refractivity contribution in [2.75, 3.05) is 40.7 Å². The van der Waals surface area contributed by atoms with Crippen LogP contribution in [0.5, 0.6) is 0 Å². The van der Waals surface area contributed by atoms with E-state index in [1.807, 2.05) is 0 Å². The molecule has 7 nitrogen and oxygen atoms in total. The van der Waals surface area contributed by atoms with Crippen LogP contribution in [-0.4, -0.2) is 77.8 Å². The van der Waals surface area contributed by atoms with Crippen molar-refractivity contribution in [3.63, 3.8) is 0 Å². The average molecular weight is 294 g/mol. The molecular weight excluding hydrogens is 274 g/mol. The molecule has 9 heteroatoms. The predicted molar refractivity (Wildman–Crippen MR) is 68.5 cm³/mol. The van der Waals surface area contributed by atoms with Gasteiger partial charge in [0, 0.05) is 26.9 Å². The van der Waals surface area contributed by atoms with Gasteiger partial charge in [-0.3, -0.25) is 9.09 Å². The number of rotatable bonds is 8. The van der Waals surface area contributed by atoms with Gasteiger partial charge in [0.05, 0.1) is 19.8 Å². The minimum absolute atomic E-state index is 0.197. The van der Waals surface area contributed by atoms with Crippen molar-refractivity contribution in [3.05, 3.63) is 0 Å². The van der Waals surface area contributed by atoms with E-state index in [-0.39, 0.29) is 13.2 Å². The Bertz CT molecular complexity index is 310. The first-order valence-electron chi connectivity index (χ1n) is 5.88. The van der Waals surface area contributed by atoms with Crippen molar-refractivity contribution in [2.24, 2.45) is 0 Å². The highest BCUT2D eigenvalue weighted by atomic mass is 31.2. The SMILES string of the molecule is [B][C@@H]1O[C@H](COC)C(OP(C)(=O)O)[C@@H]1OCCOC. The van der Waals surface area contributed by atoms with E-state index in [2.05, 4.69) is 0 Å². The first-order valence-corrected chi connectivity index (χ1v) is 7.90. The van der Waals surface area contributed by atoms with Crippen molar-refractivity contribution in [1.29, 1.82) is 0 Å². The summed E-state index contributed by atoms with van der Waals surface area (Å²) >= 11 is 0. The zero-order valence-electron chi connectivity index (χ0n) is 11.4. The Morgan fingerprint density at radius 3 is 2.47 bits per heavy atom. The van der Waals surface area contributed by atoms with Gasteiger partial charge < -0.3 is 23.8 Å². The summed E-state index contributed by atoms with van der Waals surface area (Å²) in [4.78, 5) is 9.36. The lowest BCUT2D eigenvalue weighted by molar-refractivity contribution is -0.0361. The summed E-state index contributed by atoms with van der Waals surface area (Å²) in [5.41, 5.74) is 0. The molecule has 5 atom stereocenters. The first kappa shape index (κ1) is 17.1. The molecule has 1 fully saturated rings. The first-order chi connectivity index (χ1) is 8.89. The van der Waals surface area contributed by atoms with Gasteiger partial charge in [-0.2, -0.15) is 0 Å². The number of hydrogen-bond donors (Lipinski definition) is 1. The second-order valence-corrected chi connectivity index (χ2v) is 6.11. The van der Waals surface area contributed by atoms with E-state index in [0.717, 1.165) is 6.66 Å². The van der Waals surface area contributed by atoms with Crippen LogP contribution in [0.4, 0.5) is 0 Å². The van der Waals surface area contributed by atoms with E-state index < -0.39 is 31.9 Å². The summed E-state index contributed by atoms with van der Waals surface area (Å²) in [7, 11) is 5.16. The van der Waals surface area contributed by atoms with Gasteiger partial charge in [-0.25, -0.2) is 0 Å². The predicted octanol–water partition coefficient (Wildman–Crippen LogP) is -0.242. The third-order valence-electron chi connectivity index (χ3n) is 2.59. The fourth-order valence-corrected chi connectivity index (χ4v) is 2.57. The second-order valence-electron chi connectivity index (χ2n) is 4.30. The van der Waals surface area contributed by atoms with Crippen LogP contribution in [0, 0.1) is 0 Å². The van der Waals surface area contributed by atoms with Gasteiger partial charge >= 0.3 is 7.60 Å². The van der Waals surface area contributed by atoms with Crippen molar-refractivity contribution < 1.29 is 32.9 Å². The van der Waals surface area contributed by atoms with Crippen molar-refractivity contribution in [1.82, 2.24) is 0 Å². The Hall–Kier alpha value is 0.0549. The molecule has 1 saturated heterocycles. The highest BCUT2D eigenvalue weighted by Crippen LogP contribution is 2.42. The Kier molecular flexibility index (Phi) is 6.97. The molecule has 1 rings (SSSR count). The van der Waals surface area contributed by atoms with Gasteiger partial charge in [0.15, 0.2) is 0 Å². The normalized spacial score (nSPS) is 34.3. The lowest BCUT2D eigenvalue weighted by Crippen LogP contribution is -2.39. The average Bonchev–Trinajstić information content (AvgIpc) is 2.56. The topological polar surface area (TPSA) is 83.5 Å². The molecule has 0 amide bonds. The van der Waals surface area contributed by atoms with E-state index in [1.54, 1.807) is 7.11 Å². The minimum atomic E-state index is -3.68. The number of hydrogen-bond acceptors (Lipinski definition) is 6. The molecular formula is C10H20BO7P. The standard InChI is InChI=1S/C10H20BO7P/c1-14-4-5-16-9-8(18-19(3,12)13)7(6-15-2)17-10(9)11/h7-10H,4-6H2,1-3H3,(H,12,13)/t7-,8?,9+,10-/m1/s1. The molecule has 2 radical (unpaired) electrons. The zero-order chi connectivity index (χ0) is 14.5. The van der Waals surface area contributed by atoms with Crippen LogP contribution in [0.2, 0.25) is 0 Å². The van der Waals surface area contributed by atoms with Gasteiger partial charge in [-0.15, -0.1) is 0 Å². The maximum atomic E-state index is 11.4. The van der Waals surface area contributed by atoms with Crippen molar-refractivity contribution in [2.45, 2.75) is 24.3 Å². The maximum absolute atomic E-state index is 11.4. The van der Waals surface area contributed by atoms with Gasteiger partial charge in [0.2, 0.25) is 0 Å². The summed E-state index contributed by atoms with van der Waals surface area (Å²) < 4.78 is 37.3. The van der Waals surface area contributed by atoms with E-state index in [0.29, 0.717) is 6.61 Å². The zero-order valence-corrected chi connectivity index (χ0v) is 12.2. The molecule has 1 heterocycles. The summed E-state index contributed by atoms with van der Waals surface area (Å²) in [5, 5.41) is 0. The highest BCUT2D eigenvalue weighted by molar-refractivity contribution is 7.51. The molecule has 0 bridgehead atoms. The van der Waals surface area contributed by atoms with E-state index in [1.165, 1.54) is 7.11 Å². The number of methoxy groups -OCH3 is 2. The highest BCUT2D eigenvalue weighted by Gasteiger charge is 2.45. The van der Waals surface area contributed by atoms with Crippen LogP contribution in [0.25, 0.3) is 0 Å². The van der Waals surface area contributed by atoms with Crippen LogP contribution < -0.4 is 0 Å². The van der Waals surface area contributed by atoms with Crippen LogP contribution in [-0.2, 0) is 28.0 Å². The monoisotopic (exact) mass is 294 g/mol. The largest absolute Gasteiger partial charge is 0.382 e. The summed E-state index contributed by atoms with van der Waals surface area (Å²) in [5.74, 6) is 0. The molecule has 0 spiro atoms. The van der Waals surface area contributed by atoms with Gasteiger partial charge in [-0.1, -0.05) is 0 Å². The molecule has 1 aliphatic heterocycles. The minimum Gasteiger partial charge on any atom is -0.382 e. The van der Waals surface area contributed by atoms with Crippen LogP contribution in [0.1, 0.15) is 0 Å². The number of ether oxygens (including phenoxy) is 4. The molecule has 0 aromatic rings. The Morgan fingerprint density at radius 1 is 1.26 bits per heavy atom. The molecule has 2 unspecified atom stereocenters. The van der Waals surface area contributed by atoms with E-state index in [9.17, 15) is 9.46 Å². The van der Waals surface area contributed by atoms with Crippen LogP contribution in [0.3, 0.4) is 0 Å². The summed E-state index contributed by atoms with van der Waals surface area (Å²) in [6.45, 7) is 1.97. The quantitative estimate of drug-likeness (QED) is 0.376. The fraction of sp³-hybridized carbons (Fsp3) is 1.00. The molecule has 19 heavy (non-hydrogen) atoms.